The molecule has 2 nitrogen and oxygen atoms in total. The monoisotopic (exact) mass is 837 g/mol. The average molecular weight is 837 g/mol. The second-order valence-corrected chi connectivity index (χ2v) is 25.6. The first-order chi connectivity index (χ1) is 29.8. The number of aromatic hydroxyl groups is 1. The van der Waals surface area contributed by atoms with Gasteiger partial charge < -0.3 is 5.11 Å². The van der Waals surface area contributed by atoms with Gasteiger partial charge >= 0.3 is 0 Å². The topological polar surface area (TPSA) is 24.1 Å². The normalized spacial score (nSPS) is 29.7. The van der Waals surface area contributed by atoms with Gasteiger partial charge in [-0.3, -0.25) is 0 Å². The zero-order chi connectivity index (χ0) is 43.8. The molecule has 8 saturated carbocycles. The lowest BCUT2D eigenvalue weighted by Gasteiger charge is -2.56. The molecule has 8 bridgehead atoms. The lowest BCUT2D eigenvalue weighted by molar-refractivity contribution is -0.624. The quantitative estimate of drug-likeness (QED) is 0.169. The summed E-state index contributed by atoms with van der Waals surface area (Å²) in [5, 5.41) is 12.7. The molecule has 0 radical (unpaired) electrons. The molecule has 13 rings (SSSR count). The fourth-order valence-electron chi connectivity index (χ4n) is 15.3. The summed E-state index contributed by atoms with van der Waals surface area (Å²) in [5.74, 6) is 5.36. The van der Waals surface area contributed by atoms with Crippen LogP contribution in [0.2, 0.25) is 0 Å². The van der Waals surface area contributed by atoms with Gasteiger partial charge in [0.25, 0.3) is 0 Å². The molecule has 8 aliphatic rings. The molecule has 5 aromatic rings. The highest BCUT2D eigenvalue weighted by Gasteiger charge is 2.59. The Morgan fingerprint density at radius 3 is 0.968 bits per heavy atom. The Morgan fingerprint density at radius 1 is 0.397 bits per heavy atom. The fourth-order valence-corrected chi connectivity index (χ4v) is 15.3. The van der Waals surface area contributed by atoms with E-state index in [0.717, 1.165) is 57.8 Å². The Labute approximate surface area is 380 Å². The predicted molar refractivity (Wildman–Crippen MR) is 262 cm³/mol. The standard InChI is InChI=1S/C61H73NO/c1-57(2,3)48-16-10-44(11-17-48)47-28-54(60-32-38-22-39(33-60)24-40(23-38)34-60)62(55(29-47)61-35-41-25-42(36-61)27-43(26-41)37-61)51-30-52(45-12-18-49(19-13-45)58(4,5)6)56(63)53(31-51)46-14-20-50(21-15-46)59(7,8)9/h10-21,28-31,38-43H,22-27,32-37H2,1-9H3/p+1/t38-,39-,40?,41?,42?,43?,60?,61?/m1/s1. The minimum atomic E-state index is 0.0482. The van der Waals surface area contributed by atoms with Gasteiger partial charge in [0.05, 0.1) is 10.8 Å². The Kier molecular flexibility index (Phi) is 9.50. The Hall–Kier alpha value is -4.17. The first-order valence-corrected chi connectivity index (χ1v) is 25.1. The third kappa shape index (κ3) is 7.24. The molecule has 0 atom stereocenters. The number of phenols is 1. The van der Waals surface area contributed by atoms with Crippen molar-refractivity contribution in [1.29, 1.82) is 0 Å². The fraction of sp³-hybridized carbons (Fsp3) is 0.525. The SMILES string of the molecule is CC(C)(C)c1ccc(-c2cc(C34CC5CC(CC(C5)C3)C4)[n+](-c3cc(-c4ccc(C(C)(C)C)cc4)c(O)c(-c4ccc(C(C)(C)C)cc4)c3)c(C34CC5C[C@H](C3)C[C@H](C5)C4)c2)cc1. The molecule has 0 aliphatic heterocycles. The van der Waals surface area contributed by atoms with E-state index in [1.165, 1.54) is 111 Å². The van der Waals surface area contributed by atoms with Gasteiger partial charge in [0.2, 0.25) is 5.69 Å². The molecular weight excluding hydrogens is 763 g/mol. The summed E-state index contributed by atoms with van der Waals surface area (Å²) >= 11 is 0. The van der Waals surface area contributed by atoms with E-state index in [9.17, 15) is 5.11 Å². The van der Waals surface area contributed by atoms with Crippen molar-refractivity contribution >= 4 is 0 Å². The van der Waals surface area contributed by atoms with Crippen LogP contribution in [0.1, 0.15) is 167 Å². The van der Waals surface area contributed by atoms with Crippen LogP contribution in [-0.2, 0) is 27.1 Å². The Balaban J connectivity index is 1.20. The van der Waals surface area contributed by atoms with Crippen molar-refractivity contribution in [3.63, 3.8) is 0 Å². The second kappa shape index (κ2) is 14.4. The zero-order valence-electron chi connectivity index (χ0n) is 40.1. The van der Waals surface area contributed by atoms with Crippen LogP contribution in [-0.4, -0.2) is 5.11 Å². The van der Waals surface area contributed by atoms with Crippen LogP contribution in [0.5, 0.6) is 5.75 Å². The van der Waals surface area contributed by atoms with Gasteiger partial charge in [-0.25, -0.2) is 0 Å². The number of benzene rings is 4. The number of pyridine rings is 1. The minimum Gasteiger partial charge on any atom is -0.507 e. The molecule has 8 fully saturated rings. The molecule has 0 spiro atoms. The summed E-state index contributed by atoms with van der Waals surface area (Å²) in [7, 11) is 0. The van der Waals surface area contributed by atoms with Gasteiger partial charge in [-0.2, -0.15) is 4.57 Å². The molecule has 4 aromatic carbocycles. The molecule has 0 saturated heterocycles. The van der Waals surface area contributed by atoms with Crippen LogP contribution in [0.25, 0.3) is 39.1 Å². The van der Waals surface area contributed by atoms with E-state index in [2.05, 4.69) is 164 Å². The maximum Gasteiger partial charge on any atom is 0.212 e. The molecule has 1 heterocycles. The summed E-state index contributed by atoms with van der Waals surface area (Å²) in [6, 6.07) is 38.1. The average Bonchev–Trinajstić information content (AvgIpc) is 3.22. The van der Waals surface area contributed by atoms with Crippen molar-refractivity contribution in [2.24, 2.45) is 35.5 Å². The summed E-state index contributed by atoms with van der Waals surface area (Å²) in [6.07, 6.45) is 16.4. The van der Waals surface area contributed by atoms with Crippen molar-refractivity contribution in [2.45, 2.75) is 166 Å². The number of hydrogen-bond acceptors (Lipinski definition) is 1. The van der Waals surface area contributed by atoms with E-state index in [1.54, 1.807) is 11.4 Å². The largest absolute Gasteiger partial charge is 0.507 e. The van der Waals surface area contributed by atoms with E-state index >= 15 is 0 Å². The number of hydrogen-bond donors (Lipinski definition) is 1. The van der Waals surface area contributed by atoms with Crippen molar-refractivity contribution in [1.82, 2.24) is 0 Å². The smallest absolute Gasteiger partial charge is 0.212 e. The minimum absolute atomic E-state index is 0.0482. The van der Waals surface area contributed by atoms with Crippen LogP contribution in [0.4, 0.5) is 0 Å². The highest BCUT2D eigenvalue weighted by molar-refractivity contribution is 5.84. The molecule has 63 heavy (non-hydrogen) atoms. The third-order valence-corrected chi connectivity index (χ3v) is 17.8. The number of nitrogens with zero attached hydrogens (tertiary/aromatic N) is 1. The lowest BCUT2D eigenvalue weighted by Crippen LogP contribution is -2.59. The maximum absolute atomic E-state index is 12.7. The molecule has 0 amide bonds. The second-order valence-electron chi connectivity index (χ2n) is 25.6. The summed E-state index contributed by atoms with van der Waals surface area (Å²) in [5.41, 5.74) is 15.7. The Morgan fingerprint density at radius 2 is 0.683 bits per heavy atom. The van der Waals surface area contributed by atoms with E-state index < -0.39 is 0 Å². The zero-order valence-corrected chi connectivity index (χ0v) is 40.1. The lowest BCUT2D eigenvalue weighted by atomic mass is 9.47. The van der Waals surface area contributed by atoms with Crippen molar-refractivity contribution in [3.8, 4) is 44.8 Å². The molecule has 8 aliphatic carbocycles. The highest BCUT2D eigenvalue weighted by Crippen LogP contribution is 2.63. The van der Waals surface area contributed by atoms with Gasteiger partial charge in [-0.1, -0.05) is 135 Å². The summed E-state index contributed by atoms with van der Waals surface area (Å²) in [4.78, 5) is 0. The number of phenolic OH excluding ortho intramolecular Hbond substituents is 1. The van der Waals surface area contributed by atoms with E-state index in [1.807, 2.05) is 0 Å². The van der Waals surface area contributed by atoms with Gasteiger partial charge in [-0.05, 0) is 168 Å². The molecule has 328 valence electrons. The van der Waals surface area contributed by atoms with Gasteiger partial charge in [0.15, 0.2) is 11.4 Å². The first kappa shape index (κ1) is 41.5. The molecule has 1 aromatic heterocycles. The van der Waals surface area contributed by atoms with E-state index in [-0.39, 0.29) is 27.1 Å². The third-order valence-electron chi connectivity index (χ3n) is 17.8. The van der Waals surface area contributed by atoms with Gasteiger partial charge in [0.1, 0.15) is 5.75 Å². The van der Waals surface area contributed by atoms with Gasteiger partial charge in [-0.15, -0.1) is 0 Å². The first-order valence-electron chi connectivity index (χ1n) is 25.1. The summed E-state index contributed by atoms with van der Waals surface area (Å²) in [6.45, 7) is 20.7. The van der Waals surface area contributed by atoms with Crippen LogP contribution in [0.15, 0.2) is 97.1 Å². The van der Waals surface area contributed by atoms with Crippen LogP contribution >= 0.6 is 0 Å². The summed E-state index contributed by atoms with van der Waals surface area (Å²) < 4.78 is 2.90. The molecule has 0 unspecified atom stereocenters. The highest BCUT2D eigenvalue weighted by atomic mass is 16.3. The maximum atomic E-state index is 12.7. The molecule has 1 N–H and O–H groups in total. The van der Waals surface area contributed by atoms with Crippen molar-refractivity contribution in [2.75, 3.05) is 0 Å². The van der Waals surface area contributed by atoms with Crippen LogP contribution < -0.4 is 4.57 Å². The van der Waals surface area contributed by atoms with Crippen LogP contribution in [0, 0.1) is 35.5 Å². The predicted octanol–water partition coefficient (Wildman–Crippen LogP) is 15.5. The van der Waals surface area contributed by atoms with Gasteiger partial charge in [0, 0.05) is 35.4 Å². The van der Waals surface area contributed by atoms with E-state index in [0.29, 0.717) is 5.75 Å². The molecular formula is C61H74NO+. The van der Waals surface area contributed by atoms with Crippen molar-refractivity contribution in [3.05, 3.63) is 125 Å². The number of rotatable bonds is 6. The van der Waals surface area contributed by atoms with E-state index in [4.69, 9.17) is 0 Å². The Bertz CT molecular complexity index is 2330. The van der Waals surface area contributed by atoms with Crippen molar-refractivity contribution < 1.29 is 9.67 Å². The molecule has 2 heteroatoms. The number of aromatic nitrogens is 1. The van der Waals surface area contributed by atoms with Crippen LogP contribution in [0.3, 0.4) is 0 Å².